The summed E-state index contributed by atoms with van der Waals surface area (Å²) in [4.78, 5) is 6.44. The summed E-state index contributed by atoms with van der Waals surface area (Å²) in [6, 6.07) is 14.6. The van der Waals surface area contributed by atoms with E-state index in [1.54, 1.807) is 0 Å². The van der Waals surface area contributed by atoms with Crippen LogP contribution in [-0.4, -0.2) is 18.8 Å². The average Bonchev–Trinajstić information content (AvgIpc) is 3.29. The molecule has 0 fully saturated rings. The number of likely N-dealkylation sites (N-methyl/N-ethyl adjacent to an activating group) is 1. The number of nitrogens with one attached hydrogen (secondary N) is 1. The molecule has 8 nitrogen and oxygen atoms in total. The number of nitrogens with two attached hydrogens (primary N) is 3. The quantitative estimate of drug-likeness (QED) is 0.135. The van der Waals surface area contributed by atoms with E-state index >= 15 is 0 Å². The number of fused-ring (bicyclic) bond motifs is 2. The standard InChI is InChI=1S/C30H40N7O/c1-20(16-26-30(2,3)22-18-21(19-35-29(33)34)13-14-23(22)36(26)4)17-28-37(15-9-5-6-12-27(31)32)24-10-7-8-11-25(24)38-28/h7-8,10-11,13-14,16-18H,5-6,9,12,15,19H2,1-4H3,(H3,31,32)(H4,33,34,35)/q+1. The summed E-state index contributed by atoms with van der Waals surface area (Å²) in [5.74, 6) is 1.19. The highest BCUT2D eigenvalue weighted by Gasteiger charge is 2.38. The fourth-order valence-electron chi connectivity index (χ4n) is 5.23. The van der Waals surface area contributed by atoms with Crippen molar-refractivity contribution in [1.82, 2.24) is 0 Å². The zero-order valence-corrected chi connectivity index (χ0v) is 22.9. The molecule has 200 valence electrons. The number of para-hydroxylation sites is 2. The van der Waals surface area contributed by atoms with Gasteiger partial charge in [-0.15, -0.1) is 0 Å². The molecule has 1 aliphatic rings. The highest BCUT2D eigenvalue weighted by Crippen LogP contribution is 2.47. The van der Waals surface area contributed by atoms with Gasteiger partial charge in [-0.2, -0.15) is 4.57 Å². The Balaban J connectivity index is 1.62. The van der Waals surface area contributed by atoms with Gasteiger partial charge in [-0.3, -0.25) is 5.41 Å². The van der Waals surface area contributed by atoms with Crippen molar-refractivity contribution in [2.45, 2.75) is 65.0 Å². The predicted octanol–water partition coefficient (Wildman–Crippen LogP) is 4.70. The lowest BCUT2D eigenvalue weighted by Gasteiger charge is -2.24. The van der Waals surface area contributed by atoms with Crippen molar-refractivity contribution in [2.75, 3.05) is 11.9 Å². The highest BCUT2D eigenvalue weighted by molar-refractivity contribution is 5.77. The molecule has 7 N–H and O–H groups in total. The van der Waals surface area contributed by atoms with E-state index in [-0.39, 0.29) is 17.2 Å². The zero-order valence-electron chi connectivity index (χ0n) is 22.9. The number of aliphatic imine (C=N–C) groups is 1. The smallest absolute Gasteiger partial charge is 0.374 e. The van der Waals surface area contributed by atoms with Gasteiger partial charge in [0.1, 0.15) is 0 Å². The fourth-order valence-corrected chi connectivity index (χ4v) is 5.23. The van der Waals surface area contributed by atoms with Gasteiger partial charge in [0.15, 0.2) is 12.5 Å². The van der Waals surface area contributed by atoms with Crippen molar-refractivity contribution in [1.29, 1.82) is 5.41 Å². The van der Waals surface area contributed by atoms with Crippen molar-refractivity contribution in [3.8, 4) is 0 Å². The van der Waals surface area contributed by atoms with Gasteiger partial charge in [0.05, 0.1) is 18.5 Å². The van der Waals surface area contributed by atoms with Crippen LogP contribution in [0.5, 0.6) is 0 Å². The van der Waals surface area contributed by atoms with Gasteiger partial charge in [0.2, 0.25) is 5.58 Å². The highest BCUT2D eigenvalue weighted by atomic mass is 16.3. The zero-order chi connectivity index (χ0) is 27.4. The molecule has 0 aliphatic carbocycles. The Labute approximate surface area is 225 Å². The molecule has 2 aromatic carbocycles. The molecule has 8 heteroatoms. The molecule has 2 heterocycles. The van der Waals surface area contributed by atoms with E-state index in [0.717, 1.165) is 53.9 Å². The minimum absolute atomic E-state index is 0.0992. The minimum Gasteiger partial charge on any atom is -0.398 e. The average molecular weight is 515 g/mol. The van der Waals surface area contributed by atoms with Gasteiger partial charge in [-0.1, -0.05) is 38.1 Å². The number of unbranched alkanes of at least 4 members (excludes halogenated alkanes) is 2. The minimum atomic E-state index is -0.187. The summed E-state index contributed by atoms with van der Waals surface area (Å²) in [5, 5.41) is 7.44. The monoisotopic (exact) mass is 514 g/mol. The maximum absolute atomic E-state index is 7.44. The molecular formula is C30H40N7O+. The third kappa shape index (κ3) is 5.74. The molecule has 0 radical (unpaired) electrons. The summed E-state index contributed by atoms with van der Waals surface area (Å²) in [7, 11) is 2.12. The molecule has 0 bridgehead atoms. The molecule has 38 heavy (non-hydrogen) atoms. The first-order chi connectivity index (χ1) is 18.1. The molecule has 4 rings (SSSR count). The van der Waals surface area contributed by atoms with Crippen LogP contribution in [0, 0.1) is 5.41 Å². The lowest BCUT2D eigenvalue weighted by atomic mass is 9.82. The lowest BCUT2D eigenvalue weighted by molar-refractivity contribution is -0.678. The molecular weight excluding hydrogens is 474 g/mol. The summed E-state index contributed by atoms with van der Waals surface area (Å²) in [6.45, 7) is 7.94. The number of nitrogens with zero attached hydrogens (tertiary/aromatic N) is 3. The number of rotatable bonds is 10. The number of amidine groups is 1. The van der Waals surface area contributed by atoms with Gasteiger partial charge in [-0.05, 0) is 54.7 Å². The maximum atomic E-state index is 7.44. The van der Waals surface area contributed by atoms with Gasteiger partial charge >= 0.3 is 5.89 Å². The van der Waals surface area contributed by atoms with E-state index < -0.39 is 0 Å². The molecule has 0 saturated carbocycles. The Kier molecular flexibility index (Phi) is 7.90. The summed E-state index contributed by atoms with van der Waals surface area (Å²) >= 11 is 0. The summed E-state index contributed by atoms with van der Waals surface area (Å²) < 4.78 is 8.54. The van der Waals surface area contributed by atoms with Crippen molar-refractivity contribution in [3.63, 3.8) is 0 Å². The normalized spacial score (nSPS) is 15.7. The topological polar surface area (TPSA) is 135 Å². The lowest BCUT2D eigenvalue weighted by Crippen LogP contribution is -2.35. The van der Waals surface area contributed by atoms with Crippen molar-refractivity contribution in [3.05, 3.63) is 76.8 Å². The summed E-state index contributed by atoms with van der Waals surface area (Å²) in [6.07, 6.45) is 7.96. The van der Waals surface area contributed by atoms with Crippen molar-refractivity contribution < 1.29 is 8.98 Å². The molecule has 1 aliphatic heterocycles. The third-order valence-corrected chi connectivity index (χ3v) is 7.22. The van der Waals surface area contributed by atoms with Gasteiger partial charge in [0, 0.05) is 42.8 Å². The van der Waals surface area contributed by atoms with E-state index in [1.165, 1.54) is 16.9 Å². The number of anilines is 1. The molecule has 0 spiro atoms. The van der Waals surface area contributed by atoms with Crippen LogP contribution in [0.2, 0.25) is 0 Å². The van der Waals surface area contributed by atoms with Crippen molar-refractivity contribution in [2.24, 2.45) is 22.2 Å². The number of hydrogen-bond donors (Lipinski definition) is 4. The van der Waals surface area contributed by atoms with E-state index in [1.807, 2.05) is 18.2 Å². The van der Waals surface area contributed by atoms with E-state index in [0.29, 0.717) is 13.0 Å². The Morgan fingerprint density at radius 3 is 2.61 bits per heavy atom. The first-order valence-corrected chi connectivity index (χ1v) is 13.1. The maximum Gasteiger partial charge on any atom is 0.374 e. The van der Waals surface area contributed by atoms with Gasteiger partial charge < -0.3 is 26.5 Å². The van der Waals surface area contributed by atoms with Crippen LogP contribution in [0.4, 0.5) is 5.69 Å². The van der Waals surface area contributed by atoms with Crippen LogP contribution in [0.3, 0.4) is 0 Å². The number of allylic oxidation sites excluding steroid dienone is 3. The Morgan fingerprint density at radius 2 is 1.87 bits per heavy atom. The van der Waals surface area contributed by atoms with Crippen LogP contribution in [0.25, 0.3) is 17.2 Å². The van der Waals surface area contributed by atoms with Crippen LogP contribution < -0.4 is 26.7 Å². The largest absolute Gasteiger partial charge is 0.398 e. The Morgan fingerprint density at radius 1 is 1.11 bits per heavy atom. The molecule has 1 aromatic heterocycles. The number of benzene rings is 2. The number of aryl methyl sites for hydroxylation is 1. The number of hydrogen-bond acceptors (Lipinski definition) is 4. The van der Waals surface area contributed by atoms with Crippen molar-refractivity contribution >= 4 is 34.7 Å². The fraction of sp³-hybridized carbons (Fsp3) is 0.367. The van der Waals surface area contributed by atoms with Crippen LogP contribution in [0.1, 0.15) is 63.5 Å². The second-order valence-corrected chi connectivity index (χ2v) is 10.6. The molecule has 0 unspecified atom stereocenters. The number of oxazole rings is 1. The summed E-state index contributed by atoms with van der Waals surface area (Å²) in [5.41, 5.74) is 24.2. The second-order valence-electron chi connectivity index (χ2n) is 10.6. The van der Waals surface area contributed by atoms with Gasteiger partial charge in [-0.25, -0.2) is 4.99 Å². The Bertz CT molecular complexity index is 1420. The van der Waals surface area contributed by atoms with E-state index in [9.17, 15) is 0 Å². The SMILES string of the molecule is CC(=Cc1oc2ccccc2[n+]1CCCCCC(=N)N)C=C1N(C)c2ccc(CN=C(N)N)cc2C1(C)C. The molecule has 0 atom stereocenters. The number of guanidine groups is 1. The first-order valence-electron chi connectivity index (χ1n) is 13.1. The van der Waals surface area contributed by atoms with Crippen LogP contribution in [0.15, 0.2) is 69.2 Å². The number of aromatic nitrogens is 1. The van der Waals surface area contributed by atoms with Crippen LogP contribution >= 0.6 is 0 Å². The third-order valence-electron chi connectivity index (χ3n) is 7.22. The first kappa shape index (κ1) is 27.0. The predicted molar refractivity (Wildman–Crippen MR) is 156 cm³/mol. The van der Waals surface area contributed by atoms with Gasteiger partial charge in [0.25, 0.3) is 5.52 Å². The molecule has 0 amide bonds. The molecule has 3 aromatic rings. The second kappa shape index (κ2) is 11.1. The molecule has 0 saturated heterocycles. The van der Waals surface area contributed by atoms with Crippen LogP contribution in [-0.2, 0) is 18.5 Å². The van der Waals surface area contributed by atoms with E-state index in [4.69, 9.17) is 27.0 Å². The van der Waals surface area contributed by atoms with E-state index in [2.05, 4.69) is 78.7 Å². The Hall–Kier alpha value is -4.07.